The maximum Gasteiger partial charge on any atom is 0.221 e. The van der Waals surface area contributed by atoms with Gasteiger partial charge in [-0.3, -0.25) is 4.90 Å². The van der Waals surface area contributed by atoms with Crippen LogP contribution in [0.4, 0.5) is 5.69 Å². The Morgan fingerprint density at radius 1 is 1.08 bits per heavy atom. The van der Waals surface area contributed by atoms with Gasteiger partial charge in [-0.1, -0.05) is 29.8 Å². The lowest BCUT2D eigenvalue weighted by atomic mass is 9.83. The fraction of sp³-hybridized carbons (Fsp3) is 0.100. The van der Waals surface area contributed by atoms with E-state index in [1.165, 1.54) is 0 Å². The van der Waals surface area contributed by atoms with Crippen molar-refractivity contribution in [2.45, 2.75) is 12.8 Å². The molecule has 0 spiro atoms. The summed E-state index contributed by atoms with van der Waals surface area (Å²) in [5, 5.41) is 20.2. The SMILES string of the molecule is Cc1ccc2c(c1)OC1=C(C#N)C(c3ccc(Cl)cc3)C(C#N)=C(N)N12. The number of benzene rings is 2. The van der Waals surface area contributed by atoms with E-state index in [4.69, 9.17) is 22.1 Å². The fourth-order valence-electron chi connectivity index (χ4n) is 3.32. The summed E-state index contributed by atoms with van der Waals surface area (Å²) < 4.78 is 5.97. The molecule has 0 aromatic heterocycles. The maximum atomic E-state index is 9.84. The van der Waals surface area contributed by atoms with Crippen LogP contribution < -0.4 is 15.4 Å². The van der Waals surface area contributed by atoms with Gasteiger partial charge in [-0.05, 0) is 42.3 Å². The highest BCUT2D eigenvalue weighted by Crippen LogP contribution is 2.49. The molecule has 0 fully saturated rings. The number of nitrogens with zero attached hydrogens (tertiary/aromatic N) is 3. The number of ether oxygens (including phenoxy) is 1. The van der Waals surface area contributed by atoms with Crippen molar-refractivity contribution in [3.05, 3.63) is 81.5 Å². The number of rotatable bonds is 1. The minimum absolute atomic E-state index is 0.268. The molecule has 1 unspecified atom stereocenters. The average Bonchev–Trinajstić information content (AvgIpc) is 3.00. The zero-order chi connectivity index (χ0) is 18.4. The highest BCUT2D eigenvalue weighted by molar-refractivity contribution is 6.30. The molecular weight excluding hydrogens is 348 g/mol. The molecule has 1 atom stereocenters. The predicted molar refractivity (Wildman–Crippen MR) is 97.9 cm³/mol. The van der Waals surface area contributed by atoms with E-state index in [0.29, 0.717) is 27.8 Å². The van der Waals surface area contributed by atoms with E-state index >= 15 is 0 Å². The lowest BCUT2D eigenvalue weighted by molar-refractivity contribution is 0.431. The number of hydrogen-bond donors (Lipinski definition) is 1. The number of anilines is 1. The Bertz CT molecular complexity index is 1070. The van der Waals surface area contributed by atoms with Crippen molar-refractivity contribution in [3.63, 3.8) is 0 Å². The van der Waals surface area contributed by atoms with E-state index in [2.05, 4.69) is 12.1 Å². The number of halogens is 1. The first-order chi connectivity index (χ1) is 12.5. The van der Waals surface area contributed by atoms with Crippen molar-refractivity contribution in [1.29, 1.82) is 10.5 Å². The van der Waals surface area contributed by atoms with Gasteiger partial charge in [-0.2, -0.15) is 10.5 Å². The molecule has 0 saturated heterocycles. The monoisotopic (exact) mass is 360 g/mol. The van der Waals surface area contributed by atoms with Crippen LogP contribution in [0.5, 0.6) is 5.75 Å². The van der Waals surface area contributed by atoms with Crippen molar-refractivity contribution in [2.75, 3.05) is 4.90 Å². The van der Waals surface area contributed by atoms with E-state index in [-0.39, 0.29) is 5.82 Å². The van der Waals surface area contributed by atoms with Crippen molar-refractivity contribution >= 4 is 17.3 Å². The van der Waals surface area contributed by atoms with Gasteiger partial charge in [0.2, 0.25) is 5.88 Å². The molecule has 2 aliphatic rings. The summed E-state index contributed by atoms with van der Waals surface area (Å²) in [6.07, 6.45) is 0. The van der Waals surface area contributed by atoms with Crippen LogP contribution in [0.15, 0.2) is 65.3 Å². The molecule has 0 radical (unpaired) electrons. The summed E-state index contributed by atoms with van der Waals surface area (Å²) in [5.74, 6) is 0.641. The molecule has 0 amide bonds. The number of fused-ring (bicyclic) bond motifs is 3. The molecular formula is C20H13ClN4O. The van der Waals surface area contributed by atoms with Crippen LogP contribution in [0.3, 0.4) is 0 Å². The molecule has 126 valence electrons. The Morgan fingerprint density at radius 2 is 1.77 bits per heavy atom. The molecule has 0 saturated carbocycles. The van der Waals surface area contributed by atoms with Crippen LogP contribution in [-0.2, 0) is 0 Å². The van der Waals surface area contributed by atoms with Crippen LogP contribution in [-0.4, -0.2) is 0 Å². The molecule has 2 aromatic rings. The first-order valence-corrected chi connectivity index (χ1v) is 8.31. The van der Waals surface area contributed by atoms with Gasteiger partial charge in [0, 0.05) is 5.02 Å². The fourth-order valence-corrected chi connectivity index (χ4v) is 3.45. The van der Waals surface area contributed by atoms with E-state index in [1.807, 2.05) is 25.1 Å². The zero-order valence-electron chi connectivity index (χ0n) is 13.8. The van der Waals surface area contributed by atoms with Gasteiger partial charge in [-0.15, -0.1) is 0 Å². The van der Waals surface area contributed by atoms with Gasteiger partial charge in [0.05, 0.1) is 23.2 Å². The number of allylic oxidation sites excluding steroid dienone is 2. The summed E-state index contributed by atoms with van der Waals surface area (Å²) in [6.45, 7) is 1.96. The van der Waals surface area contributed by atoms with Gasteiger partial charge in [0.25, 0.3) is 0 Å². The van der Waals surface area contributed by atoms with Crippen molar-refractivity contribution in [1.82, 2.24) is 0 Å². The number of nitrogens with two attached hydrogens (primary N) is 1. The highest BCUT2D eigenvalue weighted by atomic mass is 35.5. The molecule has 2 heterocycles. The van der Waals surface area contributed by atoms with E-state index in [9.17, 15) is 10.5 Å². The summed E-state index contributed by atoms with van der Waals surface area (Å²) in [4.78, 5) is 1.64. The van der Waals surface area contributed by atoms with Gasteiger partial charge < -0.3 is 10.5 Å². The van der Waals surface area contributed by atoms with Crippen molar-refractivity contribution < 1.29 is 4.74 Å². The largest absolute Gasteiger partial charge is 0.437 e. The van der Waals surface area contributed by atoms with Crippen molar-refractivity contribution in [2.24, 2.45) is 5.73 Å². The van der Waals surface area contributed by atoms with Crippen LogP contribution in [0, 0.1) is 29.6 Å². The second kappa shape index (κ2) is 5.84. The van der Waals surface area contributed by atoms with E-state index in [1.54, 1.807) is 29.2 Å². The van der Waals surface area contributed by atoms with Crippen LogP contribution in [0.25, 0.3) is 0 Å². The molecule has 0 aliphatic carbocycles. The second-order valence-corrected chi connectivity index (χ2v) is 6.57. The van der Waals surface area contributed by atoms with Gasteiger partial charge in [0.15, 0.2) is 5.75 Å². The molecule has 26 heavy (non-hydrogen) atoms. The first-order valence-electron chi connectivity index (χ1n) is 7.93. The molecule has 6 heteroatoms. The Morgan fingerprint density at radius 3 is 2.42 bits per heavy atom. The number of hydrogen-bond acceptors (Lipinski definition) is 5. The normalized spacial score (nSPS) is 18.0. The summed E-state index contributed by atoms with van der Waals surface area (Å²) in [6, 6.07) is 17.1. The summed E-state index contributed by atoms with van der Waals surface area (Å²) in [5.41, 5.74) is 9.49. The average molecular weight is 361 g/mol. The third-order valence-corrected chi connectivity index (χ3v) is 4.79. The number of aryl methyl sites for hydroxylation is 1. The zero-order valence-corrected chi connectivity index (χ0v) is 14.6. The standard InChI is InChI=1S/C20H13ClN4O/c1-11-2-7-16-17(8-11)26-20-15(10-23)18(12-3-5-13(21)6-4-12)14(9-22)19(24)25(16)20/h2-8,18H,24H2,1H3. The predicted octanol–water partition coefficient (Wildman–Crippen LogP) is 4.07. The van der Waals surface area contributed by atoms with Crippen LogP contribution in [0.1, 0.15) is 17.0 Å². The maximum absolute atomic E-state index is 9.84. The van der Waals surface area contributed by atoms with Crippen LogP contribution >= 0.6 is 11.6 Å². The molecule has 2 aromatic carbocycles. The second-order valence-electron chi connectivity index (χ2n) is 6.13. The molecule has 2 aliphatic heterocycles. The quantitative estimate of drug-likeness (QED) is 0.828. The molecule has 0 bridgehead atoms. The Kier molecular flexibility index (Phi) is 3.61. The van der Waals surface area contributed by atoms with E-state index < -0.39 is 5.92 Å². The Labute approximate surface area is 155 Å². The highest BCUT2D eigenvalue weighted by Gasteiger charge is 2.41. The molecule has 4 rings (SSSR count). The minimum atomic E-state index is -0.594. The Balaban J connectivity index is 1.96. The lowest BCUT2D eigenvalue weighted by Crippen LogP contribution is -2.34. The van der Waals surface area contributed by atoms with Gasteiger partial charge in [-0.25, -0.2) is 0 Å². The molecule has 5 nitrogen and oxygen atoms in total. The Hall–Kier alpha value is -3.41. The third-order valence-electron chi connectivity index (χ3n) is 4.53. The first kappa shape index (κ1) is 16.1. The smallest absolute Gasteiger partial charge is 0.221 e. The van der Waals surface area contributed by atoms with Gasteiger partial charge in [0.1, 0.15) is 17.5 Å². The molecule has 2 N–H and O–H groups in total. The van der Waals surface area contributed by atoms with Crippen LogP contribution in [0.2, 0.25) is 5.02 Å². The number of nitriles is 2. The lowest BCUT2D eigenvalue weighted by Gasteiger charge is -2.30. The summed E-state index contributed by atoms with van der Waals surface area (Å²) in [7, 11) is 0. The van der Waals surface area contributed by atoms with Crippen molar-refractivity contribution in [3.8, 4) is 17.9 Å². The van der Waals surface area contributed by atoms with Gasteiger partial charge >= 0.3 is 0 Å². The minimum Gasteiger partial charge on any atom is -0.437 e. The topological polar surface area (TPSA) is 86.1 Å². The summed E-state index contributed by atoms with van der Waals surface area (Å²) >= 11 is 5.97. The van der Waals surface area contributed by atoms with E-state index in [0.717, 1.165) is 16.8 Å². The third kappa shape index (κ3) is 2.23.